The maximum Gasteiger partial charge on any atom is 0.0702 e. The van der Waals surface area contributed by atoms with Crippen LogP contribution in [-0.4, -0.2) is 0 Å². The number of hydrogen-bond donors (Lipinski definition) is 0. The van der Waals surface area contributed by atoms with E-state index in [9.17, 15) is 0 Å². The molecule has 0 aromatic rings. The molecule has 0 bridgehead atoms. The maximum absolute atomic E-state index is 6.73. The highest BCUT2D eigenvalue weighted by Gasteiger charge is 1.84. The van der Waals surface area contributed by atoms with E-state index in [1.54, 1.807) is 0 Å². The van der Waals surface area contributed by atoms with Gasteiger partial charge in [0.2, 0.25) is 0 Å². The highest BCUT2D eigenvalue weighted by Crippen LogP contribution is 1.99. The van der Waals surface area contributed by atoms with E-state index in [4.69, 9.17) is 6.42 Å². The molecule has 0 heteroatoms. The van der Waals surface area contributed by atoms with Crippen molar-refractivity contribution in [2.24, 2.45) is 0 Å². The van der Waals surface area contributed by atoms with Crippen LogP contribution in [0.3, 0.4) is 0 Å². The van der Waals surface area contributed by atoms with E-state index in [1.807, 2.05) is 0 Å². The normalized spacial score (nSPS) is 8.20. The monoisotopic (exact) mass is 265 g/mol. The van der Waals surface area contributed by atoms with Crippen molar-refractivity contribution in [1.29, 1.82) is 0 Å². The highest BCUT2D eigenvalue weighted by molar-refractivity contribution is 5.12. The van der Waals surface area contributed by atoms with Crippen LogP contribution in [0.4, 0.5) is 0 Å². The van der Waals surface area contributed by atoms with Gasteiger partial charge in [0.05, 0.1) is 6.42 Å². The average molecular weight is 265 g/mol. The van der Waals surface area contributed by atoms with E-state index in [-0.39, 0.29) is 0 Å². The molecule has 0 heterocycles. The largest absolute Gasteiger partial charge is 0.103 e. The Morgan fingerprint density at radius 2 is 1.10 bits per heavy atom. The van der Waals surface area contributed by atoms with E-state index in [2.05, 4.69) is 48.4 Å². The summed E-state index contributed by atoms with van der Waals surface area (Å²) in [6.07, 6.45) is 17.8. The Morgan fingerprint density at radius 3 is 1.65 bits per heavy atom. The smallest absolute Gasteiger partial charge is 0.0702 e. The van der Waals surface area contributed by atoms with Gasteiger partial charge in [0.25, 0.3) is 0 Å². The second-order valence-electron chi connectivity index (χ2n) is 4.58. The average Bonchev–Trinajstić information content (AvgIpc) is 2.47. The van der Waals surface area contributed by atoms with Crippen molar-refractivity contribution in [2.45, 2.75) is 77.6 Å². The van der Waals surface area contributed by atoms with Crippen LogP contribution in [0.15, 0.2) is 0 Å². The Hall–Kier alpha value is -1.76. The first-order valence-electron chi connectivity index (χ1n) is 7.68. The molecule has 0 rings (SSSR count). The van der Waals surface area contributed by atoms with Crippen molar-refractivity contribution in [3.8, 4) is 41.4 Å². The standard InChI is InChI=1S/C20H25/c1-3-5-7-9-11-13-15-17-19-20-18-16-14-12-10-8-6-4-2/h3,5-9,14-15,17,19-20H2,1H3. The van der Waals surface area contributed by atoms with Crippen molar-refractivity contribution in [3.63, 3.8) is 0 Å². The zero-order valence-corrected chi connectivity index (χ0v) is 12.8. The van der Waals surface area contributed by atoms with Crippen LogP contribution in [0.2, 0.25) is 0 Å². The molecule has 0 fully saturated rings. The third-order valence-electron chi connectivity index (χ3n) is 2.69. The molecule has 0 atom stereocenters. The van der Waals surface area contributed by atoms with E-state index in [0.717, 1.165) is 38.5 Å². The summed E-state index contributed by atoms with van der Waals surface area (Å²) < 4.78 is 0. The summed E-state index contributed by atoms with van der Waals surface area (Å²) in [6.45, 7) is 2.22. The lowest BCUT2D eigenvalue weighted by Crippen LogP contribution is -1.75. The van der Waals surface area contributed by atoms with Gasteiger partial charge in [-0.1, -0.05) is 37.5 Å². The summed E-state index contributed by atoms with van der Waals surface area (Å²) >= 11 is 0. The summed E-state index contributed by atoms with van der Waals surface area (Å²) in [7, 11) is 0. The molecule has 0 unspecified atom stereocenters. The molecule has 0 nitrogen and oxygen atoms in total. The lowest BCUT2D eigenvalue weighted by Gasteiger charge is -1.90. The Bertz CT molecular complexity index is 428. The van der Waals surface area contributed by atoms with Crippen LogP contribution in [0.5, 0.6) is 0 Å². The molecule has 105 valence electrons. The van der Waals surface area contributed by atoms with Gasteiger partial charge in [-0.05, 0) is 25.7 Å². The Balaban J connectivity index is 3.35. The summed E-state index contributed by atoms with van der Waals surface area (Å²) in [5, 5.41) is 0. The summed E-state index contributed by atoms with van der Waals surface area (Å²) in [5.41, 5.74) is 0. The molecule has 0 aromatic carbocycles. The zero-order valence-electron chi connectivity index (χ0n) is 12.8. The van der Waals surface area contributed by atoms with Gasteiger partial charge in [0.1, 0.15) is 0 Å². The van der Waals surface area contributed by atoms with Gasteiger partial charge in [0, 0.05) is 32.1 Å². The molecule has 20 heavy (non-hydrogen) atoms. The van der Waals surface area contributed by atoms with E-state index < -0.39 is 0 Å². The molecule has 0 N–H and O–H groups in total. The van der Waals surface area contributed by atoms with Gasteiger partial charge >= 0.3 is 0 Å². The van der Waals surface area contributed by atoms with Crippen molar-refractivity contribution in [2.75, 3.05) is 0 Å². The summed E-state index contributed by atoms with van der Waals surface area (Å²) in [5.74, 6) is 20.9. The molecular formula is C20H25. The fourth-order valence-electron chi connectivity index (χ4n) is 1.54. The molecular weight excluding hydrogens is 240 g/mol. The van der Waals surface area contributed by atoms with Crippen LogP contribution in [0.25, 0.3) is 0 Å². The van der Waals surface area contributed by atoms with Crippen molar-refractivity contribution in [1.82, 2.24) is 0 Å². The summed E-state index contributed by atoms with van der Waals surface area (Å²) in [4.78, 5) is 0. The number of hydrogen-bond acceptors (Lipinski definition) is 0. The topological polar surface area (TPSA) is 0 Å². The molecule has 0 amide bonds. The fourth-order valence-corrected chi connectivity index (χ4v) is 1.54. The fraction of sp³-hybridized carbons (Fsp3) is 0.600. The predicted molar refractivity (Wildman–Crippen MR) is 86.9 cm³/mol. The molecule has 1 radical (unpaired) electrons. The minimum atomic E-state index is 0.625. The lowest BCUT2D eigenvalue weighted by atomic mass is 10.2. The van der Waals surface area contributed by atoms with Crippen molar-refractivity contribution < 1.29 is 0 Å². The minimum Gasteiger partial charge on any atom is -0.103 e. The van der Waals surface area contributed by atoms with Crippen LogP contribution in [0, 0.1) is 47.9 Å². The zero-order chi connectivity index (χ0) is 14.7. The molecule has 0 aliphatic rings. The van der Waals surface area contributed by atoms with Gasteiger partial charge in [-0.25, -0.2) is 0 Å². The predicted octanol–water partition coefficient (Wildman–Crippen LogP) is 4.90. The molecule has 0 saturated carbocycles. The maximum atomic E-state index is 6.73. The van der Waals surface area contributed by atoms with Gasteiger partial charge in [-0.2, -0.15) is 0 Å². The van der Waals surface area contributed by atoms with Crippen LogP contribution < -0.4 is 0 Å². The van der Waals surface area contributed by atoms with Crippen LogP contribution in [0.1, 0.15) is 77.6 Å². The van der Waals surface area contributed by atoms with Crippen LogP contribution in [-0.2, 0) is 0 Å². The molecule has 0 aliphatic carbocycles. The minimum absolute atomic E-state index is 0.625. The third kappa shape index (κ3) is 16.2. The van der Waals surface area contributed by atoms with Gasteiger partial charge in [-0.15, -0.1) is 23.7 Å². The first kappa shape index (κ1) is 18.2. The Labute approximate surface area is 126 Å². The molecule has 0 aliphatic heterocycles. The first-order chi connectivity index (χ1) is 9.91. The van der Waals surface area contributed by atoms with Gasteiger partial charge in [0.15, 0.2) is 0 Å². The third-order valence-corrected chi connectivity index (χ3v) is 2.69. The Kier molecular flexibility index (Phi) is 15.7. The SMILES string of the molecule is [C]#CCCC#CCC#CCCCCC#CCCCCC. The highest BCUT2D eigenvalue weighted by atomic mass is 13.9. The molecule has 0 spiro atoms. The molecule has 0 saturated heterocycles. The lowest BCUT2D eigenvalue weighted by molar-refractivity contribution is 0.735. The first-order valence-corrected chi connectivity index (χ1v) is 7.68. The van der Waals surface area contributed by atoms with E-state index in [0.29, 0.717) is 12.8 Å². The Morgan fingerprint density at radius 1 is 0.600 bits per heavy atom. The van der Waals surface area contributed by atoms with Gasteiger partial charge in [-0.3, -0.25) is 0 Å². The van der Waals surface area contributed by atoms with Crippen molar-refractivity contribution >= 4 is 0 Å². The summed E-state index contributed by atoms with van der Waals surface area (Å²) in [6, 6.07) is 0. The van der Waals surface area contributed by atoms with Crippen LogP contribution >= 0.6 is 0 Å². The van der Waals surface area contributed by atoms with Crippen molar-refractivity contribution in [3.05, 3.63) is 6.42 Å². The van der Waals surface area contributed by atoms with E-state index in [1.165, 1.54) is 19.3 Å². The second-order valence-corrected chi connectivity index (χ2v) is 4.58. The van der Waals surface area contributed by atoms with Gasteiger partial charge < -0.3 is 0 Å². The quantitative estimate of drug-likeness (QED) is 0.454. The number of rotatable bonds is 7. The second kappa shape index (κ2) is 17.2. The number of unbranched alkanes of at least 4 members (excludes halogenated alkanes) is 7. The van der Waals surface area contributed by atoms with E-state index >= 15 is 0 Å². The molecule has 0 aromatic heterocycles.